The minimum atomic E-state index is -0.760. The first-order valence-electron chi connectivity index (χ1n) is 7.16. The van der Waals surface area contributed by atoms with Crippen molar-refractivity contribution in [2.24, 2.45) is 5.41 Å². The molecule has 1 rings (SSSR count). The Bertz CT molecular complexity index is 327. The summed E-state index contributed by atoms with van der Waals surface area (Å²) in [6.45, 7) is 7.29. The summed E-state index contributed by atoms with van der Waals surface area (Å²) in [6.07, 6.45) is 2.93. The van der Waals surface area contributed by atoms with Crippen LogP contribution in [0.5, 0.6) is 0 Å². The Labute approximate surface area is 115 Å². The van der Waals surface area contributed by atoms with Gasteiger partial charge >= 0.3 is 5.97 Å². The summed E-state index contributed by atoms with van der Waals surface area (Å²) in [4.78, 5) is 25.3. The van der Waals surface area contributed by atoms with E-state index in [2.05, 4.69) is 5.32 Å². The molecular weight excluding hydrogens is 244 g/mol. The van der Waals surface area contributed by atoms with E-state index in [0.717, 1.165) is 12.8 Å². The molecular formula is C14H26N2O3. The zero-order valence-electron chi connectivity index (χ0n) is 12.2. The molecule has 19 heavy (non-hydrogen) atoms. The van der Waals surface area contributed by atoms with E-state index >= 15 is 0 Å². The third kappa shape index (κ3) is 4.20. The fraction of sp³-hybridized carbons (Fsp3) is 0.857. The molecule has 0 spiro atoms. The number of hydrogen-bond donors (Lipinski definition) is 2. The number of amides is 1. The number of carboxylic acid groups (broad SMARTS) is 1. The second-order valence-electron chi connectivity index (χ2n) is 5.79. The third-order valence-electron chi connectivity index (χ3n) is 3.77. The standard InChI is InChI=1S/C14H26N2O3/c1-4-6-14(13(18)19)7-5-8-16(10-14)12(17)9-15-11(2)3/h11,15H,4-10H2,1-3H3,(H,18,19). The number of nitrogens with zero attached hydrogens (tertiary/aromatic N) is 1. The summed E-state index contributed by atoms with van der Waals surface area (Å²) >= 11 is 0. The monoisotopic (exact) mass is 270 g/mol. The normalized spacial score (nSPS) is 23.7. The first-order valence-corrected chi connectivity index (χ1v) is 7.16. The fourth-order valence-electron chi connectivity index (χ4n) is 2.71. The van der Waals surface area contributed by atoms with Crippen LogP contribution in [0.3, 0.4) is 0 Å². The van der Waals surface area contributed by atoms with Gasteiger partial charge in [-0.2, -0.15) is 0 Å². The van der Waals surface area contributed by atoms with Crippen molar-refractivity contribution in [1.29, 1.82) is 0 Å². The minimum absolute atomic E-state index is 0.00938. The largest absolute Gasteiger partial charge is 0.481 e. The number of aliphatic carboxylic acids is 1. The minimum Gasteiger partial charge on any atom is -0.481 e. The molecule has 0 bridgehead atoms. The number of likely N-dealkylation sites (tertiary alicyclic amines) is 1. The molecule has 5 nitrogen and oxygen atoms in total. The van der Waals surface area contributed by atoms with Crippen molar-refractivity contribution in [3.63, 3.8) is 0 Å². The number of carbonyl (C=O) groups is 2. The van der Waals surface area contributed by atoms with Gasteiger partial charge in [-0.3, -0.25) is 9.59 Å². The van der Waals surface area contributed by atoms with Gasteiger partial charge in [0.1, 0.15) is 0 Å². The molecule has 1 aliphatic rings. The van der Waals surface area contributed by atoms with Crippen molar-refractivity contribution in [2.45, 2.75) is 52.5 Å². The van der Waals surface area contributed by atoms with E-state index < -0.39 is 11.4 Å². The average molecular weight is 270 g/mol. The lowest BCUT2D eigenvalue weighted by atomic mass is 9.76. The highest BCUT2D eigenvalue weighted by molar-refractivity contribution is 5.81. The van der Waals surface area contributed by atoms with Crippen molar-refractivity contribution in [3.8, 4) is 0 Å². The summed E-state index contributed by atoms with van der Waals surface area (Å²) in [5, 5.41) is 12.6. The predicted molar refractivity (Wildman–Crippen MR) is 73.9 cm³/mol. The maximum Gasteiger partial charge on any atom is 0.311 e. The van der Waals surface area contributed by atoms with Crippen LogP contribution in [0.25, 0.3) is 0 Å². The van der Waals surface area contributed by atoms with Crippen LogP contribution < -0.4 is 5.32 Å². The van der Waals surface area contributed by atoms with Crippen molar-refractivity contribution in [1.82, 2.24) is 10.2 Å². The van der Waals surface area contributed by atoms with Crippen LogP contribution >= 0.6 is 0 Å². The topological polar surface area (TPSA) is 69.6 Å². The Balaban J connectivity index is 2.66. The fourth-order valence-corrected chi connectivity index (χ4v) is 2.71. The SMILES string of the molecule is CCCC1(C(=O)O)CCCN(C(=O)CNC(C)C)C1. The van der Waals surface area contributed by atoms with Gasteiger partial charge in [0, 0.05) is 19.1 Å². The molecule has 1 atom stereocenters. The summed E-state index contributed by atoms with van der Waals surface area (Å²) in [5.41, 5.74) is -0.736. The lowest BCUT2D eigenvalue weighted by Gasteiger charge is -2.40. The zero-order chi connectivity index (χ0) is 14.5. The van der Waals surface area contributed by atoms with Gasteiger partial charge in [-0.15, -0.1) is 0 Å². The van der Waals surface area contributed by atoms with Crippen LogP contribution in [-0.2, 0) is 9.59 Å². The van der Waals surface area contributed by atoms with Crippen LogP contribution in [-0.4, -0.2) is 47.6 Å². The number of carboxylic acids is 1. The van der Waals surface area contributed by atoms with Gasteiger partial charge in [-0.1, -0.05) is 27.2 Å². The van der Waals surface area contributed by atoms with Crippen LogP contribution in [0.4, 0.5) is 0 Å². The molecule has 0 aliphatic carbocycles. The molecule has 0 aromatic heterocycles. The first-order chi connectivity index (χ1) is 8.91. The van der Waals surface area contributed by atoms with Gasteiger partial charge in [0.2, 0.25) is 5.91 Å². The Morgan fingerprint density at radius 2 is 2.11 bits per heavy atom. The van der Waals surface area contributed by atoms with E-state index in [1.807, 2.05) is 20.8 Å². The number of nitrogens with one attached hydrogen (secondary N) is 1. The molecule has 0 aromatic rings. The second kappa shape index (κ2) is 6.89. The highest BCUT2D eigenvalue weighted by Crippen LogP contribution is 2.35. The highest BCUT2D eigenvalue weighted by Gasteiger charge is 2.42. The average Bonchev–Trinajstić information content (AvgIpc) is 2.36. The van der Waals surface area contributed by atoms with Crippen LogP contribution in [0, 0.1) is 5.41 Å². The molecule has 2 N–H and O–H groups in total. The van der Waals surface area contributed by atoms with Gasteiger partial charge in [0.05, 0.1) is 12.0 Å². The molecule has 1 fully saturated rings. The Kier molecular flexibility index (Phi) is 5.79. The summed E-state index contributed by atoms with van der Waals surface area (Å²) in [5.74, 6) is -0.751. The van der Waals surface area contributed by atoms with Crippen LogP contribution in [0.15, 0.2) is 0 Å². The molecule has 1 heterocycles. The van der Waals surface area contributed by atoms with E-state index in [9.17, 15) is 14.7 Å². The molecule has 1 unspecified atom stereocenters. The second-order valence-corrected chi connectivity index (χ2v) is 5.79. The van der Waals surface area contributed by atoms with E-state index in [4.69, 9.17) is 0 Å². The van der Waals surface area contributed by atoms with Crippen LogP contribution in [0.1, 0.15) is 46.5 Å². The van der Waals surface area contributed by atoms with E-state index in [1.54, 1.807) is 4.90 Å². The number of rotatable bonds is 6. The summed E-state index contributed by atoms with van der Waals surface area (Å²) in [6, 6.07) is 0.258. The smallest absolute Gasteiger partial charge is 0.311 e. The first kappa shape index (κ1) is 16.0. The van der Waals surface area contributed by atoms with Crippen molar-refractivity contribution >= 4 is 11.9 Å². The quantitative estimate of drug-likeness (QED) is 0.767. The van der Waals surface area contributed by atoms with Gasteiger partial charge in [-0.05, 0) is 19.3 Å². The van der Waals surface area contributed by atoms with Gasteiger partial charge in [0.25, 0.3) is 0 Å². The Morgan fingerprint density at radius 1 is 1.42 bits per heavy atom. The number of carbonyl (C=O) groups excluding carboxylic acids is 1. The molecule has 110 valence electrons. The summed E-state index contributed by atoms with van der Waals surface area (Å²) in [7, 11) is 0. The maximum atomic E-state index is 12.1. The Hall–Kier alpha value is -1.10. The zero-order valence-corrected chi connectivity index (χ0v) is 12.2. The lowest BCUT2D eigenvalue weighted by molar-refractivity contribution is -0.155. The van der Waals surface area contributed by atoms with E-state index in [1.165, 1.54) is 0 Å². The summed E-state index contributed by atoms with van der Waals surface area (Å²) < 4.78 is 0. The van der Waals surface area contributed by atoms with Gasteiger partial charge in [0.15, 0.2) is 0 Å². The van der Waals surface area contributed by atoms with E-state index in [0.29, 0.717) is 32.5 Å². The molecule has 5 heteroatoms. The molecule has 0 aromatic carbocycles. The maximum absolute atomic E-state index is 12.1. The van der Waals surface area contributed by atoms with Crippen LogP contribution in [0.2, 0.25) is 0 Å². The predicted octanol–water partition coefficient (Wildman–Crippen LogP) is 1.48. The molecule has 1 aliphatic heterocycles. The Morgan fingerprint density at radius 3 is 2.63 bits per heavy atom. The molecule has 1 saturated heterocycles. The highest BCUT2D eigenvalue weighted by atomic mass is 16.4. The third-order valence-corrected chi connectivity index (χ3v) is 3.77. The molecule has 1 amide bonds. The van der Waals surface area contributed by atoms with E-state index in [-0.39, 0.29) is 11.9 Å². The number of hydrogen-bond acceptors (Lipinski definition) is 3. The molecule has 0 saturated carbocycles. The van der Waals surface area contributed by atoms with Gasteiger partial charge in [-0.25, -0.2) is 0 Å². The van der Waals surface area contributed by atoms with Crippen molar-refractivity contribution in [3.05, 3.63) is 0 Å². The van der Waals surface area contributed by atoms with Gasteiger partial charge < -0.3 is 15.3 Å². The van der Waals surface area contributed by atoms with Crippen molar-refractivity contribution in [2.75, 3.05) is 19.6 Å². The van der Waals surface area contributed by atoms with Crippen molar-refractivity contribution < 1.29 is 14.7 Å². The lowest BCUT2D eigenvalue weighted by Crippen LogP contribution is -2.52. The molecule has 0 radical (unpaired) electrons. The number of piperidine rings is 1.